The summed E-state index contributed by atoms with van der Waals surface area (Å²) in [7, 11) is 0. The second-order valence-corrected chi connectivity index (χ2v) is 6.09. The van der Waals surface area contributed by atoms with Crippen molar-refractivity contribution in [3.05, 3.63) is 49.3 Å². The summed E-state index contributed by atoms with van der Waals surface area (Å²) in [4.78, 5) is 3.66. The molecule has 0 amide bonds. The molecule has 2 N–H and O–H groups in total. The Hall–Kier alpha value is -0.630. The first-order valence-corrected chi connectivity index (χ1v) is 7.01. The molecule has 102 valence electrons. The van der Waals surface area contributed by atoms with Crippen molar-refractivity contribution in [3.8, 4) is 0 Å². The fourth-order valence-electron chi connectivity index (χ4n) is 1.47. The molecule has 0 spiro atoms. The van der Waals surface area contributed by atoms with Crippen LogP contribution in [0.2, 0.25) is 5.02 Å². The maximum atomic E-state index is 12.5. The number of hydrogen-bond donors (Lipinski definition) is 1. The number of halogens is 5. The summed E-state index contributed by atoms with van der Waals surface area (Å²) >= 11 is 9.79. The summed E-state index contributed by atoms with van der Waals surface area (Å²) in [6.45, 7) is 0. The predicted octanol–water partition coefficient (Wildman–Crippen LogP) is 4.63. The number of thiazole rings is 1. The van der Waals surface area contributed by atoms with E-state index in [-0.39, 0.29) is 0 Å². The van der Waals surface area contributed by atoms with Crippen LogP contribution in [-0.4, -0.2) is 4.98 Å². The summed E-state index contributed by atoms with van der Waals surface area (Å²) in [5.74, 6) is 0. The highest BCUT2D eigenvalue weighted by molar-refractivity contribution is 9.10. The largest absolute Gasteiger partial charge is 0.443 e. The van der Waals surface area contributed by atoms with E-state index in [0.717, 1.165) is 10.7 Å². The number of aromatic nitrogens is 1. The number of benzene rings is 1. The standard InChI is InChI=1S/C11H7BrClF3N2S/c12-5-1-2-7(13)6(3-5)9(17)8-4-18-10(19-8)11(14,15)16/h1-4,9H,17H2. The monoisotopic (exact) mass is 370 g/mol. The van der Waals surface area contributed by atoms with E-state index in [1.165, 1.54) is 0 Å². The summed E-state index contributed by atoms with van der Waals surface area (Å²) in [5.41, 5.74) is 6.49. The van der Waals surface area contributed by atoms with Crippen molar-refractivity contribution in [2.45, 2.75) is 12.2 Å². The van der Waals surface area contributed by atoms with Gasteiger partial charge < -0.3 is 5.73 Å². The lowest BCUT2D eigenvalue weighted by Crippen LogP contribution is -2.10. The molecule has 19 heavy (non-hydrogen) atoms. The Balaban J connectivity index is 2.36. The topological polar surface area (TPSA) is 38.9 Å². The lowest BCUT2D eigenvalue weighted by atomic mass is 10.1. The predicted molar refractivity (Wildman–Crippen MR) is 72.3 cm³/mol. The molecule has 1 atom stereocenters. The number of nitrogens with zero attached hydrogens (tertiary/aromatic N) is 1. The second-order valence-electron chi connectivity index (χ2n) is 3.71. The van der Waals surface area contributed by atoms with Crippen LogP contribution < -0.4 is 5.73 Å². The molecule has 2 aromatic rings. The molecule has 1 aromatic carbocycles. The molecule has 0 saturated carbocycles. The zero-order valence-electron chi connectivity index (χ0n) is 9.21. The van der Waals surface area contributed by atoms with Gasteiger partial charge in [-0.3, -0.25) is 0 Å². The van der Waals surface area contributed by atoms with Crippen LogP contribution in [0.3, 0.4) is 0 Å². The highest BCUT2D eigenvalue weighted by atomic mass is 79.9. The summed E-state index contributed by atoms with van der Waals surface area (Å²) in [5, 5.41) is -0.512. The molecule has 0 bridgehead atoms. The van der Waals surface area contributed by atoms with Crippen molar-refractivity contribution >= 4 is 38.9 Å². The average Bonchev–Trinajstić information content (AvgIpc) is 2.80. The van der Waals surface area contributed by atoms with Gasteiger partial charge in [0.25, 0.3) is 0 Å². The Kier molecular flexibility index (Phi) is 4.20. The van der Waals surface area contributed by atoms with Crippen molar-refractivity contribution in [3.63, 3.8) is 0 Å². The van der Waals surface area contributed by atoms with Gasteiger partial charge in [0, 0.05) is 20.6 Å². The van der Waals surface area contributed by atoms with Crippen LogP contribution in [0.4, 0.5) is 13.2 Å². The minimum atomic E-state index is -4.45. The van der Waals surface area contributed by atoms with Crippen molar-refractivity contribution < 1.29 is 13.2 Å². The van der Waals surface area contributed by atoms with Crippen molar-refractivity contribution in [2.75, 3.05) is 0 Å². The van der Waals surface area contributed by atoms with Crippen molar-refractivity contribution in [1.82, 2.24) is 4.98 Å². The molecular weight excluding hydrogens is 365 g/mol. The third kappa shape index (κ3) is 3.28. The van der Waals surface area contributed by atoms with Gasteiger partial charge in [0.1, 0.15) is 0 Å². The first kappa shape index (κ1) is 14.8. The quantitative estimate of drug-likeness (QED) is 0.836. The Morgan fingerprint density at radius 3 is 2.63 bits per heavy atom. The fraction of sp³-hybridized carbons (Fsp3) is 0.182. The summed E-state index contributed by atoms with van der Waals surface area (Å²) in [6.07, 6.45) is -3.32. The molecule has 0 aliphatic rings. The lowest BCUT2D eigenvalue weighted by Gasteiger charge is -2.12. The highest BCUT2D eigenvalue weighted by Crippen LogP contribution is 2.37. The zero-order valence-corrected chi connectivity index (χ0v) is 12.4. The van der Waals surface area contributed by atoms with E-state index >= 15 is 0 Å². The molecule has 2 nitrogen and oxygen atoms in total. The minimum absolute atomic E-state index is 0.312. The normalized spacial score (nSPS) is 13.6. The van der Waals surface area contributed by atoms with E-state index in [1.807, 2.05) is 0 Å². The molecule has 0 fully saturated rings. The molecule has 2 rings (SSSR count). The van der Waals surface area contributed by atoms with Gasteiger partial charge in [-0.2, -0.15) is 13.2 Å². The van der Waals surface area contributed by atoms with Crippen molar-refractivity contribution in [1.29, 1.82) is 0 Å². The van der Waals surface area contributed by atoms with Gasteiger partial charge in [-0.1, -0.05) is 27.5 Å². The van der Waals surface area contributed by atoms with Gasteiger partial charge in [-0.05, 0) is 23.8 Å². The zero-order chi connectivity index (χ0) is 14.2. The van der Waals surface area contributed by atoms with Crippen LogP contribution in [0.5, 0.6) is 0 Å². The average molecular weight is 372 g/mol. The van der Waals surface area contributed by atoms with E-state index in [9.17, 15) is 13.2 Å². The number of hydrogen-bond acceptors (Lipinski definition) is 3. The minimum Gasteiger partial charge on any atom is -0.320 e. The lowest BCUT2D eigenvalue weighted by molar-refractivity contribution is -0.137. The maximum absolute atomic E-state index is 12.5. The van der Waals surface area contributed by atoms with Crippen LogP contribution >= 0.6 is 38.9 Å². The van der Waals surface area contributed by atoms with Crippen LogP contribution in [-0.2, 0) is 6.18 Å². The first-order valence-electron chi connectivity index (χ1n) is 5.02. The molecule has 1 aromatic heterocycles. The molecule has 1 unspecified atom stereocenters. The van der Waals surface area contributed by atoms with E-state index in [0.29, 0.717) is 26.8 Å². The second kappa shape index (κ2) is 5.40. The molecule has 0 aliphatic carbocycles. The van der Waals surface area contributed by atoms with E-state index in [2.05, 4.69) is 20.9 Å². The smallest absolute Gasteiger partial charge is 0.320 e. The van der Waals surface area contributed by atoms with Gasteiger partial charge in [0.2, 0.25) is 0 Å². The van der Waals surface area contributed by atoms with Gasteiger partial charge in [0.15, 0.2) is 5.01 Å². The molecule has 1 heterocycles. The Morgan fingerprint density at radius 2 is 2.05 bits per heavy atom. The fourth-order valence-corrected chi connectivity index (χ4v) is 2.89. The molecule has 8 heteroatoms. The van der Waals surface area contributed by atoms with Gasteiger partial charge >= 0.3 is 6.18 Å². The van der Waals surface area contributed by atoms with Crippen LogP contribution in [0.15, 0.2) is 28.9 Å². The third-order valence-corrected chi connectivity index (χ3v) is 4.33. The first-order chi connectivity index (χ1) is 8.79. The van der Waals surface area contributed by atoms with Crippen molar-refractivity contribution in [2.24, 2.45) is 5.73 Å². The van der Waals surface area contributed by atoms with Crippen LogP contribution in [0.1, 0.15) is 21.5 Å². The summed E-state index contributed by atoms with van der Waals surface area (Å²) < 4.78 is 38.2. The third-order valence-electron chi connectivity index (χ3n) is 2.37. The van der Waals surface area contributed by atoms with Crippen LogP contribution in [0.25, 0.3) is 0 Å². The van der Waals surface area contributed by atoms with Crippen LogP contribution in [0, 0.1) is 0 Å². The molecule has 0 radical (unpaired) electrons. The molecule has 0 aliphatic heterocycles. The molecular formula is C11H7BrClF3N2S. The highest BCUT2D eigenvalue weighted by Gasteiger charge is 2.35. The number of nitrogens with two attached hydrogens (primary N) is 1. The van der Waals surface area contributed by atoms with Gasteiger partial charge in [0.05, 0.1) is 6.04 Å². The summed E-state index contributed by atoms with van der Waals surface area (Å²) in [6, 6.07) is 4.30. The van der Waals surface area contributed by atoms with Gasteiger partial charge in [-0.25, -0.2) is 4.98 Å². The Bertz CT molecular complexity index is 600. The van der Waals surface area contributed by atoms with Gasteiger partial charge in [-0.15, -0.1) is 11.3 Å². The maximum Gasteiger partial charge on any atom is 0.443 e. The number of rotatable bonds is 2. The van der Waals surface area contributed by atoms with E-state index in [1.54, 1.807) is 18.2 Å². The Labute approximate surface area is 124 Å². The molecule has 0 saturated heterocycles. The van der Waals surface area contributed by atoms with E-state index < -0.39 is 17.2 Å². The SMILES string of the molecule is NC(c1cnc(C(F)(F)F)s1)c1cc(Br)ccc1Cl. The number of alkyl halides is 3. The Morgan fingerprint density at radius 1 is 1.37 bits per heavy atom. The van der Waals surface area contributed by atoms with E-state index in [4.69, 9.17) is 17.3 Å².